The lowest BCUT2D eigenvalue weighted by molar-refractivity contribution is -0.105. The Morgan fingerprint density at radius 2 is 1.93 bits per heavy atom. The van der Waals surface area contributed by atoms with Crippen molar-refractivity contribution >= 4 is 23.7 Å². The number of hydrogen-bond acceptors (Lipinski definition) is 3. The molecule has 1 aromatic rings. The van der Waals surface area contributed by atoms with Crippen LogP contribution in [0.25, 0.3) is 0 Å². The van der Waals surface area contributed by atoms with Crippen molar-refractivity contribution in [3.63, 3.8) is 0 Å². The summed E-state index contributed by atoms with van der Waals surface area (Å²) in [4.78, 5) is 10.3. The lowest BCUT2D eigenvalue weighted by Gasteiger charge is -2.10. The van der Waals surface area contributed by atoms with Crippen molar-refractivity contribution in [2.45, 2.75) is 0 Å². The van der Waals surface area contributed by atoms with Gasteiger partial charge in [-0.05, 0) is 6.07 Å². The summed E-state index contributed by atoms with van der Waals surface area (Å²) in [5.41, 5.74) is 0.508. The molecule has 0 aliphatic heterocycles. The molecule has 0 spiro atoms. The molecule has 1 rings (SSSR count). The van der Waals surface area contributed by atoms with E-state index in [4.69, 9.17) is 21.1 Å². The van der Waals surface area contributed by atoms with E-state index in [0.29, 0.717) is 28.6 Å². The highest BCUT2D eigenvalue weighted by Crippen LogP contribution is 2.35. The Morgan fingerprint density at radius 1 is 1.29 bits per heavy atom. The number of hydrogen-bond donors (Lipinski definition) is 1. The number of rotatable bonds is 4. The van der Waals surface area contributed by atoms with Gasteiger partial charge in [0, 0.05) is 6.07 Å². The molecule has 14 heavy (non-hydrogen) atoms. The maximum Gasteiger partial charge on any atom is 0.211 e. The van der Waals surface area contributed by atoms with Crippen molar-refractivity contribution in [1.29, 1.82) is 0 Å². The molecular formula is C9H10ClNO3. The van der Waals surface area contributed by atoms with E-state index in [1.807, 2.05) is 0 Å². The number of anilines is 1. The summed E-state index contributed by atoms with van der Waals surface area (Å²) in [5.74, 6) is 0.998. The molecular weight excluding hydrogens is 206 g/mol. The van der Waals surface area contributed by atoms with Gasteiger partial charge in [-0.25, -0.2) is 0 Å². The van der Waals surface area contributed by atoms with Gasteiger partial charge in [-0.15, -0.1) is 0 Å². The minimum Gasteiger partial charge on any atom is -0.495 e. The van der Waals surface area contributed by atoms with Gasteiger partial charge < -0.3 is 14.8 Å². The lowest BCUT2D eigenvalue weighted by Crippen LogP contribution is -1.98. The molecule has 0 bridgehead atoms. The Kier molecular flexibility index (Phi) is 3.59. The molecule has 0 aliphatic rings. The van der Waals surface area contributed by atoms with Gasteiger partial charge in [0.05, 0.1) is 24.9 Å². The molecule has 5 heteroatoms. The Labute approximate surface area is 86.8 Å². The molecule has 0 saturated carbocycles. The summed E-state index contributed by atoms with van der Waals surface area (Å²) >= 11 is 5.86. The number of nitrogens with one attached hydrogen (secondary N) is 1. The molecule has 1 N–H and O–H groups in total. The number of methoxy groups -OCH3 is 2. The number of carbonyl (C=O) groups is 1. The van der Waals surface area contributed by atoms with E-state index < -0.39 is 0 Å². The largest absolute Gasteiger partial charge is 0.495 e. The van der Waals surface area contributed by atoms with Crippen LogP contribution in [-0.4, -0.2) is 20.6 Å². The summed E-state index contributed by atoms with van der Waals surface area (Å²) in [5, 5.41) is 2.89. The van der Waals surface area contributed by atoms with E-state index in [0.717, 1.165) is 0 Å². The fourth-order valence-corrected chi connectivity index (χ4v) is 1.28. The molecule has 0 atom stereocenters. The monoisotopic (exact) mass is 215 g/mol. The van der Waals surface area contributed by atoms with Crippen LogP contribution in [-0.2, 0) is 4.79 Å². The quantitative estimate of drug-likeness (QED) is 0.781. The molecule has 1 aromatic carbocycles. The van der Waals surface area contributed by atoms with Crippen LogP contribution in [0, 0.1) is 0 Å². The average molecular weight is 216 g/mol. The average Bonchev–Trinajstić information content (AvgIpc) is 2.19. The Morgan fingerprint density at radius 3 is 2.43 bits per heavy atom. The predicted molar refractivity (Wildman–Crippen MR) is 54.2 cm³/mol. The first-order valence-electron chi connectivity index (χ1n) is 3.84. The zero-order valence-corrected chi connectivity index (χ0v) is 8.59. The van der Waals surface area contributed by atoms with Crippen LogP contribution in [0.4, 0.5) is 5.69 Å². The zero-order valence-electron chi connectivity index (χ0n) is 7.83. The standard InChI is InChI=1S/C9H10ClNO3/c1-13-8-4-9(14-2)7(11-5-12)3-6(8)10/h3-5H,1-2H3,(H,11,12). The second-order valence-electron chi connectivity index (χ2n) is 2.45. The minimum atomic E-state index is 0.414. The fraction of sp³-hybridized carbons (Fsp3) is 0.222. The molecule has 1 amide bonds. The van der Waals surface area contributed by atoms with Crippen molar-refractivity contribution in [2.75, 3.05) is 19.5 Å². The van der Waals surface area contributed by atoms with E-state index in [2.05, 4.69) is 5.32 Å². The van der Waals surface area contributed by atoms with E-state index in [1.54, 1.807) is 12.1 Å². The molecule has 0 aromatic heterocycles. The second kappa shape index (κ2) is 4.72. The van der Waals surface area contributed by atoms with Gasteiger partial charge >= 0.3 is 0 Å². The number of halogens is 1. The lowest BCUT2D eigenvalue weighted by atomic mass is 10.2. The summed E-state index contributed by atoms with van der Waals surface area (Å²) < 4.78 is 10.0. The summed E-state index contributed by atoms with van der Waals surface area (Å²) in [6, 6.07) is 3.17. The van der Waals surface area contributed by atoms with Gasteiger partial charge in [0.2, 0.25) is 6.41 Å². The van der Waals surface area contributed by atoms with Crippen LogP contribution in [0.2, 0.25) is 5.02 Å². The maximum atomic E-state index is 10.3. The van der Waals surface area contributed by atoms with Crippen LogP contribution in [0.3, 0.4) is 0 Å². The topological polar surface area (TPSA) is 47.6 Å². The number of benzene rings is 1. The van der Waals surface area contributed by atoms with Crippen LogP contribution in [0.1, 0.15) is 0 Å². The van der Waals surface area contributed by atoms with E-state index in [9.17, 15) is 4.79 Å². The van der Waals surface area contributed by atoms with Crippen LogP contribution >= 0.6 is 11.6 Å². The van der Waals surface area contributed by atoms with E-state index in [1.165, 1.54) is 14.2 Å². The van der Waals surface area contributed by atoms with Crippen LogP contribution in [0.5, 0.6) is 11.5 Å². The smallest absolute Gasteiger partial charge is 0.211 e. The normalized spacial score (nSPS) is 9.36. The van der Waals surface area contributed by atoms with Crippen molar-refractivity contribution in [2.24, 2.45) is 0 Å². The third-order valence-electron chi connectivity index (χ3n) is 1.69. The van der Waals surface area contributed by atoms with Gasteiger partial charge in [0.1, 0.15) is 11.5 Å². The predicted octanol–water partition coefficient (Wildman–Crippen LogP) is 1.93. The van der Waals surface area contributed by atoms with E-state index >= 15 is 0 Å². The van der Waals surface area contributed by atoms with Crippen molar-refractivity contribution in [1.82, 2.24) is 0 Å². The molecule has 0 heterocycles. The van der Waals surface area contributed by atoms with Crippen molar-refractivity contribution in [3.05, 3.63) is 17.2 Å². The number of ether oxygens (including phenoxy) is 2. The van der Waals surface area contributed by atoms with Gasteiger partial charge in [-0.2, -0.15) is 0 Å². The third kappa shape index (κ3) is 2.09. The van der Waals surface area contributed by atoms with Crippen LogP contribution < -0.4 is 14.8 Å². The molecule has 0 unspecified atom stereocenters. The first-order chi connectivity index (χ1) is 6.72. The first-order valence-corrected chi connectivity index (χ1v) is 4.22. The first kappa shape index (κ1) is 10.7. The highest BCUT2D eigenvalue weighted by atomic mass is 35.5. The summed E-state index contributed by atoms with van der Waals surface area (Å²) in [6.45, 7) is 0. The number of amides is 1. The van der Waals surface area contributed by atoms with Gasteiger partial charge in [0.25, 0.3) is 0 Å². The summed E-state index contributed by atoms with van der Waals surface area (Å²) in [6.07, 6.45) is 0.556. The molecule has 4 nitrogen and oxygen atoms in total. The van der Waals surface area contributed by atoms with Gasteiger partial charge in [-0.1, -0.05) is 11.6 Å². The van der Waals surface area contributed by atoms with E-state index in [-0.39, 0.29) is 0 Å². The molecule has 0 fully saturated rings. The highest BCUT2D eigenvalue weighted by molar-refractivity contribution is 6.32. The maximum absolute atomic E-state index is 10.3. The minimum absolute atomic E-state index is 0.414. The molecule has 0 aliphatic carbocycles. The third-order valence-corrected chi connectivity index (χ3v) is 1.98. The molecule has 76 valence electrons. The van der Waals surface area contributed by atoms with Crippen LogP contribution in [0.15, 0.2) is 12.1 Å². The Bertz CT molecular complexity index is 341. The fourth-order valence-electron chi connectivity index (χ4n) is 1.04. The number of carbonyl (C=O) groups excluding carboxylic acids is 1. The van der Waals surface area contributed by atoms with Gasteiger partial charge in [-0.3, -0.25) is 4.79 Å². The van der Waals surface area contributed by atoms with Crippen molar-refractivity contribution < 1.29 is 14.3 Å². The Hall–Kier alpha value is -1.42. The van der Waals surface area contributed by atoms with Gasteiger partial charge in [0.15, 0.2) is 0 Å². The molecule has 0 radical (unpaired) electrons. The second-order valence-corrected chi connectivity index (χ2v) is 2.86. The Balaban J connectivity index is 3.16. The SMILES string of the molecule is COc1cc(OC)c(NC=O)cc1Cl. The highest BCUT2D eigenvalue weighted by Gasteiger charge is 2.08. The zero-order chi connectivity index (χ0) is 10.6. The molecule has 0 saturated heterocycles. The summed E-state index contributed by atoms with van der Waals surface area (Å²) in [7, 11) is 3.01. The van der Waals surface area contributed by atoms with Crippen molar-refractivity contribution in [3.8, 4) is 11.5 Å².